The van der Waals surface area contributed by atoms with E-state index in [0.29, 0.717) is 0 Å². The van der Waals surface area contributed by atoms with Crippen molar-refractivity contribution in [1.82, 2.24) is 0 Å². The maximum atomic E-state index is 10.7. The van der Waals surface area contributed by atoms with Crippen LogP contribution < -0.4 is 5.73 Å². The van der Waals surface area contributed by atoms with Gasteiger partial charge >= 0.3 is 11.9 Å². The predicted octanol–water partition coefficient (Wildman–Crippen LogP) is -0.435. The average molecular weight is 173 g/mol. The highest BCUT2D eigenvalue weighted by molar-refractivity contribution is 5.95. The normalized spacial score (nSPS) is 10.7. The summed E-state index contributed by atoms with van der Waals surface area (Å²) >= 11 is 0. The second kappa shape index (κ2) is 5.17. The van der Waals surface area contributed by atoms with Crippen molar-refractivity contribution in [3.8, 4) is 0 Å². The van der Waals surface area contributed by atoms with Crippen molar-refractivity contribution in [3.63, 3.8) is 0 Å². The van der Waals surface area contributed by atoms with Gasteiger partial charge in [-0.15, -0.1) is 0 Å². The van der Waals surface area contributed by atoms with E-state index < -0.39 is 11.9 Å². The SMILES string of the molecule is CCOC(=O)C=C(N)C(=O)OC. The quantitative estimate of drug-likeness (QED) is 0.462. The minimum atomic E-state index is -0.747. The van der Waals surface area contributed by atoms with Crippen LogP contribution in [0.1, 0.15) is 6.92 Å². The summed E-state index contributed by atoms with van der Waals surface area (Å²) in [6.07, 6.45) is 0.884. The van der Waals surface area contributed by atoms with E-state index in [1.807, 2.05) is 0 Å². The lowest BCUT2D eigenvalue weighted by Gasteiger charge is -1.98. The molecule has 0 saturated carbocycles. The minimum Gasteiger partial charge on any atom is -0.464 e. The fraction of sp³-hybridized carbons (Fsp3) is 0.429. The molecule has 0 amide bonds. The Labute approximate surface area is 70.1 Å². The Morgan fingerprint density at radius 1 is 1.50 bits per heavy atom. The highest BCUT2D eigenvalue weighted by atomic mass is 16.5. The second-order valence-corrected chi connectivity index (χ2v) is 1.84. The van der Waals surface area contributed by atoms with Crippen LogP contribution in [0.4, 0.5) is 0 Å². The molecule has 0 aromatic carbocycles. The van der Waals surface area contributed by atoms with Crippen molar-refractivity contribution >= 4 is 11.9 Å². The molecule has 0 spiro atoms. The van der Waals surface area contributed by atoms with E-state index in [1.165, 1.54) is 7.11 Å². The van der Waals surface area contributed by atoms with Crippen molar-refractivity contribution in [2.75, 3.05) is 13.7 Å². The van der Waals surface area contributed by atoms with Crippen molar-refractivity contribution in [2.45, 2.75) is 6.92 Å². The molecule has 0 unspecified atom stereocenters. The summed E-state index contributed by atoms with van der Waals surface area (Å²) in [5, 5.41) is 0. The van der Waals surface area contributed by atoms with Crippen LogP contribution in [-0.2, 0) is 19.1 Å². The minimum absolute atomic E-state index is 0.240. The zero-order valence-corrected chi connectivity index (χ0v) is 6.99. The molecule has 0 aromatic heterocycles. The predicted molar refractivity (Wildman–Crippen MR) is 40.9 cm³/mol. The summed E-state index contributed by atoms with van der Waals surface area (Å²) < 4.78 is 8.76. The Bertz CT molecular complexity index is 209. The van der Waals surface area contributed by atoms with Crippen molar-refractivity contribution in [1.29, 1.82) is 0 Å². The maximum absolute atomic E-state index is 10.7. The smallest absolute Gasteiger partial charge is 0.354 e. The number of nitrogens with two attached hydrogens (primary N) is 1. The summed E-state index contributed by atoms with van der Waals surface area (Å²) in [6.45, 7) is 1.89. The number of hydrogen-bond donors (Lipinski definition) is 1. The molecule has 68 valence electrons. The molecule has 5 nitrogen and oxygen atoms in total. The number of ether oxygens (including phenoxy) is 2. The fourth-order valence-corrected chi connectivity index (χ4v) is 0.488. The van der Waals surface area contributed by atoms with Crippen LogP contribution in [0, 0.1) is 0 Å². The molecular formula is C7H11NO4. The number of rotatable bonds is 3. The van der Waals surface area contributed by atoms with Gasteiger partial charge < -0.3 is 15.2 Å². The van der Waals surface area contributed by atoms with E-state index in [4.69, 9.17) is 5.73 Å². The first-order valence-corrected chi connectivity index (χ1v) is 3.34. The lowest BCUT2D eigenvalue weighted by molar-refractivity contribution is -0.139. The van der Waals surface area contributed by atoms with Gasteiger partial charge in [0.05, 0.1) is 19.8 Å². The summed E-state index contributed by atoms with van der Waals surface area (Å²) in [6, 6.07) is 0. The molecule has 0 aliphatic rings. The molecule has 0 radical (unpaired) electrons. The summed E-state index contributed by atoms with van der Waals surface area (Å²) in [7, 11) is 1.17. The van der Waals surface area contributed by atoms with E-state index in [2.05, 4.69) is 9.47 Å². The van der Waals surface area contributed by atoms with Crippen LogP contribution in [0.3, 0.4) is 0 Å². The van der Waals surface area contributed by atoms with Crippen molar-refractivity contribution in [3.05, 3.63) is 11.8 Å². The topological polar surface area (TPSA) is 78.6 Å². The molecule has 2 N–H and O–H groups in total. The lowest BCUT2D eigenvalue weighted by Crippen LogP contribution is -2.15. The molecular weight excluding hydrogens is 162 g/mol. The van der Waals surface area contributed by atoms with Gasteiger partial charge in [0.15, 0.2) is 0 Å². The Morgan fingerprint density at radius 2 is 2.08 bits per heavy atom. The van der Waals surface area contributed by atoms with Crippen LogP contribution in [0.25, 0.3) is 0 Å². The van der Waals surface area contributed by atoms with Crippen molar-refractivity contribution < 1.29 is 19.1 Å². The van der Waals surface area contributed by atoms with Gasteiger partial charge in [-0.1, -0.05) is 0 Å². The summed E-state index contributed by atoms with van der Waals surface area (Å²) in [5.41, 5.74) is 4.88. The molecule has 0 atom stereocenters. The first kappa shape index (κ1) is 10.5. The van der Waals surface area contributed by atoms with E-state index in [-0.39, 0.29) is 12.3 Å². The number of carbonyl (C=O) groups is 2. The molecule has 0 aliphatic carbocycles. The van der Waals surface area contributed by atoms with Gasteiger partial charge in [-0.3, -0.25) is 0 Å². The number of methoxy groups -OCH3 is 1. The van der Waals surface area contributed by atoms with Gasteiger partial charge in [-0.05, 0) is 6.92 Å². The van der Waals surface area contributed by atoms with Gasteiger partial charge in [0.1, 0.15) is 5.70 Å². The Kier molecular flexibility index (Phi) is 4.52. The number of hydrogen-bond acceptors (Lipinski definition) is 5. The van der Waals surface area contributed by atoms with E-state index in [1.54, 1.807) is 6.92 Å². The van der Waals surface area contributed by atoms with Crippen molar-refractivity contribution in [2.24, 2.45) is 5.73 Å². The Morgan fingerprint density at radius 3 is 2.50 bits per heavy atom. The second-order valence-electron chi connectivity index (χ2n) is 1.84. The molecule has 0 aliphatic heterocycles. The van der Waals surface area contributed by atoms with E-state index in [0.717, 1.165) is 6.08 Å². The van der Waals surface area contributed by atoms with Crippen LogP contribution in [-0.4, -0.2) is 25.7 Å². The third kappa shape index (κ3) is 3.60. The van der Waals surface area contributed by atoms with Crippen LogP contribution in [0.5, 0.6) is 0 Å². The lowest BCUT2D eigenvalue weighted by atomic mass is 10.4. The molecule has 0 fully saturated rings. The largest absolute Gasteiger partial charge is 0.464 e. The van der Waals surface area contributed by atoms with Gasteiger partial charge in [0, 0.05) is 0 Å². The standard InChI is InChI=1S/C7H11NO4/c1-3-12-6(9)4-5(8)7(10)11-2/h4H,3,8H2,1-2H3. The van der Waals surface area contributed by atoms with Crippen LogP contribution in [0.2, 0.25) is 0 Å². The average Bonchev–Trinajstić information content (AvgIpc) is 2.03. The highest BCUT2D eigenvalue weighted by Crippen LogP contribution is 1.89. The maximum Gasteiger partial charge on any atom is 0.354 e. The molecule has 5 heteroatoms. The molecule has 0 saturated heterocycles. The van der Waals surface area contributed by atoms with E-state index in [9.17, 15) is 9.59 Å². The van der Waals surface area contributed by atoms with Gasteiger partial charge in [-0.2, -0.15) is 0 Å². The molecule has 12 heavy (non-hydrogen) atoms. The molecule has 0 aromatic rings. The number of carbonyl (C=O) groups excluding carboxylic acids is 2. The third-order valence-corrected chi connectivity index (χ3v) is 0.981. The fourth-order valence-electron chi connectivity index (χ4n) is 0.488. The molecule has 0 heterocycles. The van der Waals surface area contributed by atoms with Gasteiger partial charge in [-0.25, -0.2) is 9.59 Å². The zero-order valence-electron chi connectivity index (χ0n) is 6.99. The zero-order chi connectivity index (χ0) is 9.56. The first-order valence-electron chi connectivity index (χ1n) is 3.34. The molecule has 0 rings (SSSR count). The highest BCUT2D eigenvalue weighted by Gasteiger charge is 2.06. The van der Waals surface area contributed by atoms with Crippen LogP contribution >= 0.6 is 0 Å². The third-order valence-electron chi connectivity index (χ3n) is 0.981. The number of esters is 2. The summed E-state index contributed by atoms with van der Waals surface area (Å²) in [4.78, 5) is 21.3. The van der Waals surface area contributed by atoms with E-state index >= 15 is 0 Å². The van der Waals surface area contributed by atoms with Crippen LogP contribution in [0.15, 0.2) is 11.8 Å². The Balaban J connectivity index is 4.15. The molecule has 0 bridgehead atoms. The Hall–Kier alpha value is -1.52. The monoisotopic (exact) mass is 173 g/mol. The van der Waals surface area contributed by atoms with Gasteiger partial charge in [0.2, 0.25) is 0 Å². The summed E-state index contributed by atoms with van der Waals surface area (Å²) in [5.74, 6) is -1.40. The first-order chi connectivity index (χ1) is 5.61. The van der Waals surface area contributed by atoms with Gasteiger partial charge in [0.25, 0.3) is 0 Å².